The molecule has 2 rings (SSSR count). The Balaban J connectivity index is 2.02. The fourth-order valence-electron chi connectivity index (χ4n) is 1.51. The molecule has 3 nitrogen and oxygen atoms in total. The highest BCUT2D eigenvalue weighted by atomic mass is 79.9. The number of hydrogen-bond donors (Lipinski definition) is 1. The molecule has 0 aliphatic carbocycles. The van der Waals surface area contributed by atoms with Crippen LogP contribution in [0, 0.1) is 0 Å². The van der Waals surface area contributed by atoms with E-state index in [1.807, 2.05) is 17.5 Å². The molecule has 0 bridgehead atoms. The highest BCUT2D eigenvalue weighted by molar-refractivity contribution is 9.10. The highest BCUT2D eigenvalue weighted by Gasteiger charge is 2.11. The molecular formula is C13H11BrO3S. The number of aromatic carboxylic acids is 1. The molecule has 0 radical (unpaired) electrons. The smallest absolute Gasteiger partial charge is 0.339 e. The number of carbonyl (C=O) groups is 1. The summed E-state index contributed by atoms with van der Waals surface area (Å²) in [6.07, 6.45) is 0.785. The molecule has 0 aliphatic heterocycles. The zero-order valence-corrected chi connectivity index (χ0v) is 11.8. The summed E-state index contributed by atoms with van der Waals surface area (Å²) in [7, 11) is 0. The van der Waals surface area contributed by atoms with Gasteiger partial charge in [0.05, 0.1) is 6.61 Å². The van der Waals surface area contributed by atoms with Crippen LogP contribution in [0.1, 0.15) is 15.2 Å². The quantitative estimate of drug-likeness (QED) is 0.908. The monoisotopic (exact) mass is 326 g/mol. The molecule has 1 heterocycles. The van der Waals surface area contributed by atoms with E-state index in [-0.39, 0.29) is 5.56 Å². The molecule has 0 saturated heterocycles. The number of hydrogen-bond acceptors (Lipinski definition) is 3. The van der Waals surface area contributed by atoms with Crippen LogP contribution in [0.15, 0.2) is 40.2 Å². The Hall–Kier alpha value is -1.33. The van der Waals surface area contributed by atoms with E-state index in [0.717, 1.165) is 10.9 Å². The van der Waals surface area contributed by atoms with E-state index >= 15 is 0 Å². The zero-order valence-electron chi connectivity index (χ0n) is 9.43. The van der Waals surface area contributed by atoms with Crippen LogP contribution in [0.5, 0.6) is 5.75 Å². The summed E-state index contributed by atoms with van der Waals surface area (Å²) in [4.78, 5) is 12.3. The number of carboxylic acids is 1. The SMILES string of the molecule is O=C(O)c1cc(Br)ccc1OCCc1cccs1. The van der Waals surface area contributed by atoms with Gasteiger partial charge in [-0.15, -0.1) is 11.3 Å². The summed E-state index contributed by atoms with van der Waals surface area (Å²) >= 11 is 4.91. The van der Waals surface area contributed by atoms with E-state index in [4.69, 9.17) is 9.84 Å². The Morgan fingerprint density at radius 2 is 2.22 bits per heavy atom. The number of rotatable bonds is 5. The molecule has 0 fully saturated rings. The van der Waals surface area contributed by atoms with Crippen LogP contribution in [0.25, 0.3) is 0 Å². The van der Waals surface area contributed by atoms with Gasteiger partial charge in [0, 0.05) is 15.8 Å². The molecule has 5 heteroatoms. The Morgan fingerprint density at radius 3 is 2.89 bits per heavy atom. The average molecular weight is 327 g/mol. The molecule has 0 atom stereocenters. The summed E-state index contributed by atoms with van der Waals surface area (Å²) in [6, 6.07) is 9.01. The second-order valence-electron chi connectivity index (χ2n) is 3.62. The molecule has 0 saturated carbocycles. The molecule has 1 aromatic carbocycles. The highest BCUT2D eigenvalue weighted by Crippen LogP contribution is 2.23. The lowest BCUT2D eigenvalue weighted by molar-refractivity contribution is 0.0692. The first-order valence-electron chi connectivity index (χ1n) is 5.35. The predicted molar refractivity (Wildman–Crippen MR) is 74.6 cm³/mol. The maximum Gasteiger partial charge on any atom is 0.339 e. The number of carboxylic acid groups (broad SMARTS) is 1. The van der Waals surface area contributed by atoms with Crippen molar-refractivity contribution in [3.8, 4) is 5.75 Å². The van der Waals surface area contributed by atoms with Gasteiger partial charge in [0.15, 0.2) is 0 Å². The Bertz CT molecular complexity index is 537. The van der Waals surface area contributed by atoms with Crippen molar-refractivity contribution in [2.24, 2.45) is 0 Å². The number of benzene rings is 1. The van der Waals surface area contributed by atoms with Gasteiger partial charge in [-0.3, -0.25) is 0 Å². The van der Waals surface area contributed by atoms with Crippen molar-refractivity contribution in [1.29, 1.82) is 0 Å². The molecule has 1 N–H and O–H groups in total. The first kappa shape index (κ1) is 13.1. The van der Waals surface area contributed by atoms with Crippen molar-refractivity contribution < 1.29 is 14.6 Å². The van der Waals surface area contributed by atoms with Crippen LogP contribution in [-0.2, 0) is 6.42 Å². The third-order valence-corrected chi connectivity index (χ3v) is 3.79. The lowest BCUT2D eigenvalue weighted by Crippen LogP contribution is -2.05. The van der Waals surface area contributed by atoms with E-state index < -0.39 is 5.97 Å². The van der Waals surface area contributed by atoms with Gasteiger partial charge in [0.1, 0.15) is 11.3 Å². The lowest BCUT2D eigenvalue weighted by atomic mass is 10.2. The molecule has 0 unspecified atom stereocenters. The fourth-order valence-corrected chi connectivity index (χ4v) is 2.56. The van der Waals surface area contributed by atoms with Crippen LogP contribution in [0.3, 0.4) is 0 Å². The first-order chi connectivity index (χ1) is 8.66. The maximum absolute atomic E-state index is 11.1. The van der Waals surface area contributed by atoms with E-state index in [9.17, 15) is 4.79 Å². The van der Waals surface area contributed by atoms with E-state index in [1.54, 1.807) is 29.5 Å². The van der Waals surface area contributed by atoms with Crippen molar-refractivity contribution in [2.45, 2.75) is 6.42 Å². The Labute approximate surface area is 117 Å². The summed E-state index contributed by atoms with van der Waals surface area (Å²) in [5.74, 6) is -0.579. The fraction of sp³-hybridized carbons (Fsp3) is 0.154. The maximum atomic E-state index is 11.1. The van der Waals surface area contributed by atoms with Gasteiger partial charge in [-0.25, -0.2) is 4.79 Å². The molecule has 0 spiro atoms. The summed E-state index contributed by atoms with van der Waals surface area (Å²) < 4.78 is 6.26. The third kappa shape index (κ3) is 3.34. The van der Waals surface area contributed by atoms with Gasteiger partial charge in [-0.05, 0) is 29.6 Å². The molecular weight excluding hydrogens is 316 g/mol. The van der Waals surface area contributed by atoms with Crippen molar-refractivity contribution in [3.05, 3.63) is 50.6 Å². The topological polar surface area (TPSA) is 46.5 Å². The van der Waals surface area contributed by atoms with E-state index in [2.05, 4.69) is 15.9 Å². The second kappa shape index (κ2) is 6.02. The van der Waals surface area contributed by atoms with Gasteiger partial charge in [-0.2, -0.15) is 0 Å². The number of thiophene rings is 1. The van der Waals surface area contributed by atoms with E-state index in [0.29, 0.717) is 12.4 Å². The van der Waals surface area contributed by atoms with Gasteiger partial charge >= 0.3 is 5.97 Å². The van der Waals surface area contributed by atoms with Crippen LogP contribution >= 0.6 is 27.3 Å². The molecule has 0 aliphatic rings. The second-order valence-corrected chi connectivity index (χ2v) is 5.57. The van der Waals surface area contributed by atoms with E-state index in [1.165, 1.54) is 4.88 Å². The molecule has 0 amide bonds. The van der Waals surface area contributed by atoms with Crippen molar-refractivity contribution in [3.63, 3.8) is 0 Å². The summed E-state index contributed by atoms with van der Waals surface area (Å²) in [6.45, 7) is 0.475. The third-order valence-electron chi connectivity index (χ3n) is 2.36. The number of halogens is 1. The van der Waals surface area contributed by atoms with Gasteiger partial charge in [0.25, 0.3) is 0 Å². The summed E-state index contributed by atoms with van der Waals surface area (Å²) in [5.41, 5.74) is 0.176. The van der Waals surface area contributed by atoms with Crippen LogP contribution in [-0.4, -0.2) is 17.7 Å². The first-order valence-corrected chi connectivity index (χ1v) is 7.02. The predicted octanol–water partition coefficient (Wildman–Crippen LogP) is 3.83. The molecule has 94 valence electrons. The minimum Gasteiger partial charge on any atom is -0.492 e. The summed E-state index contributed by atoms with van der Waals surface area (Å²) in [5, 5.41) is 11.1. The van der Waals surface area contributed by atoms with Crippen LogP contribution in [0.2, 0.25) is 0 Å². The van der Waals surface area contributed by atoms with Crippen molar-refractivity contribution in [2.75, 3.05) is 6.61 Å². The number of ether oxygens (including phenoxy) is 1. The zero-order chi connectivity index (χ0) is 13.0. The van der Waals surface area contributed by atoms with Gasteiger partial charge in [0.2, 0.25) is 0 Å². The lowest BCUT2D eigenvalue weighted by Gasteiger charge is -2.08. The largest absolute Gasteiger partial charge is 0.492 e. The van der Waals surface area contributed by atoms with Crippen LogP contribution in [0.4, 0.5) is 0 Å². The Kier molecular flexibility index (Phi) is 4.38. The van der Waals surface area contributed by atoms with Crippen molar-refractivity contribution >= 4 is 33.2 Å². The minimum absolute atomic E-state index is 0.176. The van der Waals surface area contributed by atoms with Crippen LogP contribution < -0.4 is 4.74 Å². The molecule has 1 aromatic heterocycles. The molecule has 18 heavy (non-hydrogen) atoms. The van der Waals surface area contributed by atoms with Crippen molar-refractivity contribution in [1.82, 2.24) is 0 Å². The average Bonchev–Trinajstić information content (AvgIpc) is 2.84. The molecule has 2 aromatic rings. The van der Waals surface area contributed by atoms with Gasteiger partial charge in [-0.1, -0.05) is 22.0 Å². The van der Waals surface area contributed by atoms with Gasteiger partial charge < -0.3 is 9.84 Å². The minimum atomic E-state index is -0.984. The standard InChI is InChI=1S/C13H11BrO3S/c14-9-3-4-12(11(8-9)13(15)16)17-6-5-10-2-1-7-18-10/h1-4,7-8H,5-6H2,(H,15,16). The Morgan fingerprint density at radius 1 is 1.39 bits per heavy atom. The normalized spacial score (nSPS) is 10.3.